The van der Waals surface area contributed by atoms with E-state index in [-0.39, 0.29) is 28.8 Å². The van der Waals surface area contributed by atoms with Crippen LogP contribution in [0.4, 0.5) is 9.59 Å². The van der Waals surface area contributed by atoms with Crippen molar-refractivity contribution in [1.29, 1.82) is 0 Å². The molecular weight excluding hydrogens is 777 g/mol. The van der Waals surface area contributed by atoms with Crippen molar-refractivity contribution in [2.24, 2.45) is 0 Å². The lowest BCUT2D eigenvalue weighted by Crippen LogP contribution is -2.45. The molecule has 0 saturated carbocycles. The highest BCUT2D eigenvalue weighted by molar-refractivity contribution is 7.98. The number of hydrogen-bond donors (Lipinski definition) is 3. The Labute approximate surface area is 343 Å². The highest BCUT2D eigenvalue weighted by Gasteiger charge is 2.28. The maximum Gasteiger partial charge on any atom is 0.408 e. The van der Waals surface area contributed by atoms with Gasteiger partial charge in [-0.3, -0.25) is 4.79 Å². The van der Waals surface area contributed by atoms with Crippen molar-refractivity contribution in [3.05, 3.63) is 71.5 Å². The Morgan fingerprint density at radius 1 is 0.667 bits per heavy atom. The van der Waals surface area contributed by atoms with E-state index in [0.29, 0.717) is 35.5 Å². The topological polar surface area (TPSA) is 185 Å². The predicted octanol–water partition coefficient (Wildman–Crippen LogP) is 7.55. The molecule has 2 amide bonds. The van der Waals surface area contributed by atoms with E-state index in [1.807, 2.05) is 12.5 Å². The van der Waals surface area contributed by atoms with E-state index in [9.17, 15) is 29.1 Å². The third kappa shape index (κ3) is 18.6. The summed E-state index contributed by atoms with van der Waals surface area (Å²) in [5.74, 6) is -0.405. The summed E-state index contributed by atoms with van der Waals surface area (Å²) in [5.41, 5.74) is -0.390. The lowest BCUT2D eigenvalue weighted by molar-refractivity contribution is -0.137. The maximum absolute atomic E-state index is 13.0. The van der Waals surface area contributed by atoms with Crippen LogP contribution >= 0.6 is 23.5 Å². The molecule has 2 rings (SSSR count). The fourth-order valence-electron chi connectivity index (χ4n) is 4.57. The van der Waals surface area contributed by atoms with Gasteiger partial charge in [0.05, 0.1) is 14.2 Å². The fourth-order valence-corrected chi connectivity index (χ4v) is 5.52. The van der Waals surface area contributed by atoms with E-state index in [1.165, 1.54) is 74.2 Å². The number of ether oxygens (including phenoxy) is 6. The summed E-state index contributed by atoms with van der Waals surface area (Å²) >= 11 is 3.02. The molecule has 0 aromatic heterocycles. The summed E-state index contributed by atoms with van der Waals surface area (Å²) in [7, 11) is 2.80. The largest absolute Gasteiger partial charge is 0.508 e. The van der Waals surface area contributed by atoms with Gasteiger partial charge >= 0.3 is 24.1 Å². The molecule has 0 saturated heterocycles. The van der Waals surface area contributed by atoms with Crippen LogP contribution in [0.3, 0.4) is 0 Å². The summed E-state index contributed by atoms with van der Waals surface area (Å²) in [6, 6.07) is 7.44. The number of allylic oxidation sites excluding steroid dienone is 3. The van der Waals surface area contributed by atoms with Gasteiger partial charge in [0.15, 0.2) is 28.8 Å². The summed E-state index contributed by atoms with van der Waals surface area (Å²) in [6.45, 7) is 10.3. The number of ketones is 1. The number of nitrogens with one attached hydrogen (secondary N) is 2. The molecule has 0 heterocycles. The SMILES string of the molecule is COc1cc(/C=C/C(=O)/C=C(O)/C=C/c2ccc(OC(=O)[C@H](CCSC)NC(=O)OC(C)(C)C)c(OC)c2)ccc1OC(=O)[C@H](CCSC)NC(=O)OC(C)(C)C. The second-order valence-electron chi connectivity index (χ2n) is 14.3. The average Bonchev–Trinajstić information content (AvgIpc) is 3.12. The van der Waals surface area contributed by atoms with Gasteiger partial charge in [-0.25, -0.2) is 19.2 Å². The minimum absolute atomic E-state index is 0.113. The number of esters is 2. The highest BCUT2D eigenvalue weighted by Crippen LogP contribution is 2.30. The number of alkyl carbamates (subject to hydrolysis) is 2. The molecule has 2 atom stereocenters. The van der Waals surface area contributed by atoms with E-state index >= 15 is 0 Å². The lowest BCUT2D eigenvalue weighted by atomic mass is 10.1. The number of carbonyl (C=O) groups is 5. The molecule has 0 radical (unpaired) electrons. The Bertz CT molecular complexity index is 1790. The van der Waals surface area contributed by atoms with Gasteiger partial charge in [0, 0.05) is 6.08 Å². The van der Waals surface area contributed by atoms with Gasteiger partial charge in [-0.2, -0.15) is 23.5 Å². The summed E-state index contributed by atoms with van der Waals surface area (Å²) in [6.07, 6.45) is 9.51. The lowest BCUT2D eigenvalue weighted by Gasteiger charge is -2.23. The molecule has 3 N–H and O–H groups in total. The van der Waals surface area contributed by atoms with Crippen LogP contribution in [0.1, 0.15) is 65.5 Å². The summed E-state index contributed by atoms with van der Waals surface area (Å²) < 4.78 is 32.6. The quantitative estimate of drug-likeness (QED) is 0.0415. The third-order valence-electron chi connectivity index (χ3n) is 7.15. The Kier molecular flexibility index (Phi) is 19.6. The molecule has 0 aliphatic carbocycles. The van der Waals surface area contributed by atoms with Crippen LogP contribution in [0.25, 0.3) is 12.2 Å². The monoisotopic (exact) mass is 830 g/mol. The van der Waals surface area contributed by atoms with Crippen LogP contribution in [0.5, 0.6) is 23.0 Å². The minimum atomic E-state index is -0.960. The number of carbonyl (C=O) groups excluding carboxylic acids is 5. The fraction of sp³-hybridized carbons (Fsp3) is 0.439. The number of aliphatic hydroxyl groups is 1. The van der Waals surface area contributed by atoms with Gasteiger partial charge in [0.2, 0.25) is 0 Å². The smallest absolute Gasteiger partial charge is 0.408 e. The van der Waals surface area contributed by atoms with Gasteiger partial charge in [0.25, 0.3) is 0 Å². The first kappa shape index (κ1) is 48.1. The van der Waals surface area contributed by atoms with Gasteiger partial charge < -0.3 is 44.2 Å². The molecule has 0 spiro atoms. The van der Waals surface area contributed by atoms with E-state index < -0.39 is 53.2 Å². The second kappa shape index (κ2) is 23.2. The minimum Gasteiger partial charge on any atom is -0.508 e. The first-order valence-corrected chi connectivity index (χ1v) is 20.6. The Hall–Kier alpha value is -5.09. The normalized spacial score (nSPS) is 13.1. The van der Waals surface area contributed by atoms with Crippen molar-refractivity contribution in [2.75, 3.05) is 38.2 Å². The van der Waals surface area contributed by atoms with Crippen molar-refractivity contribution >= 4 is 65.6 Å². The molecule has 0 aliphatic heterocycles. The van der Waals surface area contributed by atoms with Gasteiger partial charge in [0.1, 0.15) is 29.0 Å². The molecule has 2 aromatic rings. The first-order valence-electron chi connectivity index (χ1n) is 17.8. The number of hydrogen-bond acceptors (Lipinski definition) is 14. The molecule has 16 heteroatoms. The zero-order chi connectivity index (χ0) is 42.8. The molecule has 14 nitrogen and oxygen atoms in total. The number of benzene rings is 2. The zero-order valence-corrected chi connectivity index (χ0v) is 35.7. The van der Waals surface area contributed by atoms with Crippen LogP contribution in [-0.4, -0.2) is 96.5 Å². The average molecular weight is 831 g/mol. The molecule has 57 heavy (non-hydrogen) atoms. The summed E-state index contributed by atoms with van der Waals surface area (Å²) in [5, 5.41) is 15.6. The molecule has 2 aromatic carbocycles. The number of aliphatic hydroxyl groups excluding tert-OH is 1. The Morgan fingerprint density at radius 2 is 1.07 bits per heavy atom. The van der Waals surface area contributed by atoms with Crippen LogP contribution in [0.2, 0.25) is 0 Å². The predicted molar refractivity (Wildman–Crippen MR) is 223 cm³/mol. The van der Waals surface area contributed by atoms with Crippen molar-refractivity contribution in [3.63, 3.8) is 0 Å². The molecule has 0 aliphatic rings. The highest BCUT2D eigenvalue weighted by atomic mass is 32.2. The number of thioether (sulfide) groups is 2. The van der Waals surface area contributed by atoms with Crippen LogP contribution in [0, 0.1) is 0 Å². The van der Waals surface area contributed by atoms with Crippen LogP contribution in [-0.2, 0) is 23.9 Å². The van der Waals surface area contributed by atoms with E-state index in [0.717, 1.165) is 6.08 Å². The van der Waals surface area contributed by atoms with E-state index in [1.54, 1.807) is 65.8 Å². The van der Waals surface area contributed by atoms with Crippen LogP contribution in [0.15, 0.2) is 60.4 Å². The maximum atomic E-state index is 13.0. The Balaban J connectivity index is 2.11. The van der Waals surface area contributed by atoms with Gasteiger partial charge in [-0.05, 0) is 126 Å². The molecule has 312 valence electrons. The summed E-state index contributed by atoms with van der Waals surface area (Å²) in [4.78, 5) is 63.4. The third-order valence-corrected chi connectivity index (χ3v) is 8.43. The molecule has 0 bridgehead atoms. The molecule has 0 fully saturated rings. The number of rotatable bonds is 19. The van der Waals surface area contributed by atoms with Gasteiger partial charge in [-0.1, -0.05) is 24.3 Å². The van der Waals surface area contributed by atoms with Crippen LogP contribution < -0.4 is 29.6 Å². The van der Waals surface area contributed by atoms with Crippen molar-refractivity contribution in [3.8, 4) is 23.0 Å². The van der Waals surface area contributed by atoms with Gasteiger partial charge in [-0.15, -0.1) is 0 Å². The first-order chi connectivity index (χ1) is 26.8. The second-order valence-corrected chi connectivity index (χ2v) is 16.2. The van der Waals surface area contributed by atoms with Crippen molar-refractivity contribution < 1.29 is 57.5 Å². The van der Waals surface area contributed by atoms with E-state index in [2.05, 4.69) is 10.6 Å². The van der Waals surface area contributed by atoms with E-state index in [4.69, 9.17) is 28.4 Å². The molecular formula is C41H54N2O12S2. The zero-order valence-electron chi connectivity index (χ0n) is 34.1. The standard InChI is InChI=1S/C41H54N2O12S2/c1-40(2,3)54-38(48)42-30(19-21-56-9)36(46)52-32-17-13-26(23-34(32)50-7)11-15-28(44)25-29(45)16-12-27-14-18-33(35(24-27)51-8)53-37(47)31(20-22-57-10)43-39(49)55-41(4,5)6/h11-18,23-25,30-31,44H,19-22H2,1-10H3,(H,42,48)(H,43,49)/b15-11+,16-12+,28-25-/t30-,31-/m0/s1. The number of methoxy groups -OCH3 is 2. The van der Waals surface area contributed by atoms with Crippen molar-refractivity contribution in [2.45, 2.75) is 77.7 Å². The van der Waals surface area contributed by atoms with Crippen molar-refractivity contribution in [1.82, 2.24) is 10.6 Å². The molecule has 0 unspecified atom stereocenters. The Morgan fingerprint density at radius 3 is 1.44 bits per heavy atom. The number of amides is 2.